The molecular formula is C28H44O. The van der Waals surface area contributed by atoms with Crippen molar-refractivity contribution >= 4 is 0 Å². The number of rotatable bonds is 3. The van der Waals surface area contributed by atoms with Gasteiger partial charge in [-0.05, 0) is 104 Å². The zero-order valence-corrected chi connectivity index (χ0v) is 19.6. The van der Waals surface area contributed by atoms with Crippen LogP contribution in [0.25, 0.3) is 0 Å². The minimum Gasteiger partial charge on any atom is -0.377 e. The summed E-state index contributed by atoms with van der Waals surface area (Å²) < 4.78 is 0. The summed E-state index contributed by atoms with van der Waals surface area (Å²) in [5.74, 6) is 7.79. The van der Waals surface area contributed by atoms with E-state index in [0.717, 1.165) is 48.9 Å². The van der Waals surface area contributed by atoms with Crippen LogP contribution in [-0.2, 0) is 0 Å². The van der Waals surface area contributed by atoms with Crippen LogP contribution in [0.5, 0.6) is 0 Å². The number of hydrogen-bond donors (Lipinski definition) is 1. The molecular weight excluding hydrogens is 352 g/mol. The zero-order valence-electron chi connectivity index (χ0n) is 19.6. The molecule has 1 heteroatoms. The maximum atomic E-state index is 10.6. The Hall–Kier alpha value is -0.740. The van der Waals surface area contributed by atoms with Crippen molar-refractivity contribution in [3.05, 3.63) is 11.6 Å². The van der Waals surface area contributed by atoms with E-state index in [4.69, 9.17) is 6.42 Å². The number of allylic oxidation sites excluding steroid dienone is 1. The monoisotopic (exact) mass is 396 g/mol. The lowest BCUT2D eigenvalue weighted by atomic mass is 9.50. The van der Waals surface area contributed by atoms with E-state index in [9.17, 15) is 5.11 Å². The first kappa shape index (κ1) is 21.5. The summed E-state index contributed by atoms with van der Waals surface area (Å²) in [6.45, 7) is 12.4. The van der Waals surface area contributed by atoms with Crippen LogP contribution in [0, 0.1) is 58.7 Å². The Labute approximate surface area is 180 Å². The molecule has 1 nitrogen and oxygen atoms in total. The Morgan fingerprint density at radius 3 is 2.62 bits per heavy atom. The Morgan fingerprint density at radius 1 is 1.17 bits per heavy atom. The van der Waals surface area contributed by atoms with Crippen LogP contribution in [-0.4, -0.2) is 10.7 Å². The van der Waals surface area contributed by atoms with Crippen LogP contribution in [0.4, 0.5) is 0 Å². The van der Waals surface area contributed by atoms with Crippen LogP contribution >= 0.6 is 0 Å². The Kier molecular flexibility index (Phi) is 5.51. The topological polar surface area (TPSA) is 20.2 Å². The van der Waals surface area contributed by atoms with Crippen LogP contribution in [0.15, 0.2) is 11.6 Å². The first-order chi connectivity index (χ1) is 13.6. The SMILES string of the molecule is C#C[C@]1(O)CC[C@H]2C(=CCC3C2CC[C@@]2(C)C3CC[C@@H]2C(C)CCC(C)(C)C)C1. The highest BCUT2D eigenvalue weighted by atomic mass is 16.3. The van der Waals surface area contributed by atoms with Crippen molar-refractivity contribution < 1.29 is 5.11 Å². The van der Waals surface area contributed by atoms with Crippen molar-refractivity contribution in [3.8, 4) is 12.3 Å². The minimum absolute atomic E-state index is 0.455. The van der Waals surface area contributed by atoms with Crippen molar-refractivity contribution in [2.24, 2.45) is 46.3 Å². The van der Waals surface area contributed by atoms with E-state index in [2.05, 4.69) is 46.6 Å². The number of hydrogen-bond acceptors (Lipinski definition) is 1. The van der Waals surface area contributed by atoms with Gasteiger partial charge in [0.1, 0.15) is 5.60 Å². The summed E-state index contributed by atoms with van der Waals surface area (Å²) in [6, 6.07) is 0. The second-order valence-electron chi connectivity index (χ2n) is 12.8. The van der Waals surface area contributed by atoms with Gasteiger partial charge in [-0.15, -0.1) is 6.42 Å². The molecule has 0 aromatic carbocycles. The average Bonchev–Trinajstić information content (AvgIpc) is 3.02. The molecule has 4 aliphatic carbocycles. The summed E-state index contributed by atoms with van der Waals surface area (Å²) in [4.78, 5) is 0. The van der Waals surface area contributed by atoms with Gasteiger partial charge in [0.15, 0.2) is 0 Å². The van der Waals surface area contributed by atoms with E-state index in [1.807, 2.05) is 0 Å². The van der Waals surface area contributed by atoms with E-state index in [1.165, 1.54) is 50.5 Å². The lowest BCUT2D eigenvalue weighted by Gasteiger charge is -2.55. The molecule has 3 fully saturated rings. The molecule has 3 saturated carbocycles. The summed E-state index contributed by atoms with van der Waals surface area (Å²) in [6.07, 6.45) is 20.5. The van der Waals surface area contributed by atoms with Crippen molar-refractivity contribution in [1.29, 1.82) is 0 Å². The maximum absolute atomic E-state index is 10.6. The van der Waals surface area contributed by atoms with Gasteiger partial charge < -0.3 is 5.11 Å². The fraction of sp³-hybridized carbons (Fsp3) is 0.857. The van der Waals surface area contributed by atoms with Crippen LogP contribution in [0.2, 0.25) is 0 Å². The van der Waals surface area contributed by atoms with Gasteiger partial charge in [-0.1, -0.05) is 52.2 Å². The van der Waals surface area contributed by atoms with Crippen LogP contribution in [0.3, 0.4) is 0 Å². The quantitative estimate of drug-likeness (QED) is 0.402. The zero-order chi connectivity index (χ0) is 21.0. The van der Waals surface area contributed by atoms with Gasteiger partial charge in [0, 0.05) is 6.42 Å². The molecule has 29 heavy (non-hydrogen) atoms. The fourth-order valence-corrected chi connectivity index (χ4v) is 8.25. The summed E-state index contributed by atoms with van der Waals surface area (Å²) >= 11 is 0. The molecule has 0 saturated heterocycles. The Balaban J connectivity index is 1.49. The molecule has 4 aliphatic rings. The molecule has 0 aliphatic heterocycles. The van der Waals surface area contributed by atoms with Gasteiger partial charge in [0.25, 0.3) is 0 Å². The van der Waals surface area contributed by atoms with Gasteiger partial charge >= 0.3 is 0 Å². The van der Waals surface area contributed by atoms with Crippen molar-refractivity contribution in [2.75, 3.05) is 0 Å². The molecule has 4 rings (SSSR count). The highest BCUT2D eigenvalue weighted by Gasteiger charge is 2.57. The van der Waals surface area contributed by atoms with E-state index in [1.54, 1.807) is 0 Å². The van der Waals surface area contributed by atoms with E-state index >= 15 is 0 Å². The van der Waals surface area contributed by atoms with Crippen LogP contribution in [0.1, 0.15) is 98.8 Å². The molecule has 8 atom stereocenters. The Bertz CT molecular complexity index is 690. The van der Waals surface area contributed by atoms with Crippen molar-refractivity contribution in [2.45, 2.75) is 104 Å². The van der Waals surface area contributed by atoms with Gasteiger partial charge in [0.05, 0.1) is 0 Å². The van der Waals surface area contributed by atoms with E-state index in [0.29, 0.717) is 16.7 Å². The third-order valence-electron chi connectivity index (χ3n) is 9.88. The standard InChI is InChI=1S/C28H44O/c1-7-28(29)17-14-21-20(18-28)8-9-23-22(21)13-16-27(6)24(10-11-25(23)27)19(2)12-15-26(3,4)5/h1,8,19,21-25,29H,9-18H2,2-6H3/t19?,21-,22?,23?,24+,25?,27+,28-/m0/s1. The first-order valence-electron chi connectivity index (χ1n) is 12.5. The van der Waals surface area contributed by atoms with Crippen molar-refractivity contribution in [1.82, 2.24) is 0 Å². The molecule has 0 spiro atoms. The number of aliphatic hydroxyl groups is 1. The third-order valence-corrected chi connectivity index (χ3v) is 9.88. The second-order valence-corrected chi connectivity index (χ2v) is 12.8. The van der Waals surface area contributed by atoms with E-state index < -0.39 is 5.60 Å². The Morgan fingerprint density at radius 2 is 1.93 bits per heavy atom. The third kappa shape index (κ3) is 3.84. The molecule has 162 valence electrons. The minimum atomic E-state index is -0.876. The maximum Gasteiger partial charge on any atom is 0.128 e. The number of fused-ring (bicyclic) bond motifs is 5. The lowest BCUT2D eigenvalue weighted by Crippen LogP contribution is -2.48. The van der Waals surface area contributed by atoms with Gasteiger partial charge in [0.2, 0.25) is 0 Å². The molecule has 0 heterocycles. The smallest absolute Gasteiger partial charge is 0.128 e. The summed E-state index contributed by atoms with van der Waals surface area (Å²) in [5.41, 5.74) is 1.63. The largest absolute Gasteiger partial charge is 0.377 e. The molecule has 1 N–H and O–H groups in total. The van der Waals surface area contributed by atoms with Gasteiger partial charge in [-0.2, -0.15) is 0 Å². The molecule has 4 unspecified atom stereocenters. The fourth-order valence-electron chi connectivity index (χ4n) is 8.25. The molecule has 0 bridgehead atoms. The summed E-state index contributed by atoms with van der Waals surface area (Å²) in [7, 11) is 0. The normalized spacial score (nSPS) is 45.4. The molecule has 0 amide bonds. The second kappa shape index (κ2) is 7.44. The predicted molar refractivity (Wildman–Crippen MR) is 122 cm³/mol. The highest BCUT2D eigenvalue weighted by Crippen LogP contribution is 2.65. The lowest BCUT2D eigenvalue weighted by molar-refractivity contribution is -0.0352. The average molecular weight is 397 g/mol. The van der Waals surface area contributed by atoms with Crippen molar-refractivity contribution in [3.63, 3.8) is 0 Å². The van der Waals surface area contributed by atoms with Gasteiger partial charge in [-0.25, -0.2) is 0 Å². The highest BCUT2D eigenvalue weighted by molar-refractivity contribution is 5.26. The summed E-state index contributed by atoms with van der Waals surface area (Å²) in [5, 5.41) is 10.6. The van der Waals surface area contributed by atoms with Gasteiger partial charge in [-0.3, -0.25) is 0 Å². The first-order valence-corrected chi connectivity index (χ1v) is 12.5. The molecule has 0 radical (unpaired) electrons. The van der Waals surface area contributed by atoms with E-state index in [-0.39, 0.29) is 0 Å². The molecule has 0 aromatic rings. The predicted octanol–water partition coefficient (Wildman–Crippen LogP) is 7.00. The molecule has 0 aromatic heterocycles. The number of terminal acetylenes is 1. The van der Waals surface area contributed by atoms with Crippen LogP contribution < -0.4 is 0 Å².